The van der Waals surface area contributed by atoms with Crippen LogP contribution in [0.25, 0.3) is 0 Å². The molecule has 3 fully saturated rings. The minimum absolute atomic E-state index is 0.0547. The zero-order valence-electron chi connectivity index (χ0n) is 20.7. The van der Waals surface area contributed by atoms with Gasteiger partial charge in [-0.1, -0.05) is 29.3 Å². The van der Waals surface area contributed by atoms with Gasteiger partial charge in [0, 0.05) is 35.7 Å². The van der Waals surface area contributed by atoms with Gasteiger partial charge in [-0.15, -0.1) is 23.2 Å². The van der Waals surface area contributed by atoms with Crippen LogP contribution in [-0.2, 0) is 19.2 Å². The van der Waals surface area contributed by atoms with Gasteiger partial charge in [0.15, 0.2) is 9.75 Å². The molecule has 1 N–H and O–H groups in total. The first-order chi connectivity index (χ1) is 18.8. The van der Waals surface area contributed by atoms with E-state index in [1.807, 2.05) is 0 Å². The fourth-order valence-electron chi connectivity index (χ4n) is 6.85. The summed E-state index contributed by atoms with van der Waals surface area (Å²) in [5, 5.41) is 22.4. The van der Waals surface area contributed by atoms with Gasteiger partial charge in [-0.2, -0.15) is 0 Å². The van der Waals surface area contributed by atoms with Gasteiger partial charge in [-0.25, -0.2) is 4.90 Å². The van der Waals surface area contributed by atoms with Gasteiger partial charge in [-0.3, -0.25) is 34.2 Å². The molecule has 0 bridgehead atoms. The fourth-order valence-corrected chi connectivity index (χ4v) is 8.04. The average Bonchev–Trinajstić information content (AvgIpc) is 3.25. The maximum absolute atomic E-state index is 13.9. The Morgan fingerprint density at radius 1 is 1.02 bits per heavy atom. The van der Waals surface area contributed by atoms with Crippen molar-refractivity contribution in [3.63, 3.8) is 0 Å². The summed E-state index contributed by atoms with van der Waals surface area (Å²) in [6.45, 7) is 0. The maximum Gasteiger partial charge on any atom is 0.271 e. The van der Waals surface area contributed by atoms with E-state index in [4.69, 9.17) is 34.8 Å². The molecule has 13 heteroatoms. The summed E-state index contributed by atoms with van der Waals surface area (Å²) in [5.41, 5.74) is 0.416. The van der Waals surface area contributed by atoms with E-state index in [0.29, 0.717) is 5.57 Å². The van der Waals surface area contributed by atoms with Crippen LogP contribution in [-0.4, -0.2) is 55.4 Å². The Bertz CT molecular complexity index is 1590. The third-order valence-corrected chi connectivity index (χ3v) is 10.3. The lowest BCUT2D eigenvalue weighted by Gasteiger charge is -2.50. The van der Waals surface area contributed by atoms with Crippen LogP contribution in [0.4, 0.5) is 11.4 Å². The quantitative estimate of drug-likeness (QED) is 0.183. The molecular formula is C27H20Cl3N3O7. The van der Waals surface area contributed by atoms with E-state index in [9.17, 15) is 34.4 Å². The van der Waals surface area contributed by atoms with E-state index in [2.05, 4.69) is 0 Å². The highest BCUT2D eigenvalue weighted by Gasteiger charge is 2.76. The Labute approximate surface area is 242 Å². The molecule has 4 aliphatic rings. The molecule has 40 heavy (non-hydrogen) atoms. The van der Waals surface area contributed by atoms with E-state index in [1.165, 1.54) is 43.4 Å². The number of amides is 4. The number of aromatic hydroxyl groups is 1. The van der Waals surface area contributed by atoms with Gasteiger partial charge < -0.3 is 5.11 Å². The number of carbonyl (C=O) groups is 4. The Balaban J connectivity index is 1.52. The number of phenols is 1. The van der Waals surface area contributed by atoms with Crippen molar-refractivity contribution in [1.82, 2.24) is 4.90 Å². The first-order valence-electron chi connectivity index (χ1n) is 12.3. The predicted molar refractivity (Wildman–Crippen MR) is 144 cm³/mol. The zero-order valence-corrected chi connectivity index (χ0v) is 23.0. The Morgan fingerprint density at radius 3 is 2.45 bits per heavy atom. The molecule has 2 heterocycles. The van der Waals surface area contributed by atoms with Crippen LogP contribution in [0.2, 0.25) is 5.02 Å². The van der Waals surface area contributed by atoms with Crippen molar-refractivity contribution in [2.24, 2.45) is 17.8 Å². The first kappa shape index (κ1) is 26.7. The lowest BCUT2D eigenvalue weighted by atomic mass is 9.56. The number of hydrogen-bond donors (Lipinski definition) is 1. The van der Waals surface area contributed by atoms with Gasteiger partial charge in [0.2, 0.25) is 11.8 Å². The van der Waals surface area contributed by atoms with Crippen LogP contribution in [0.1, 0.15) is 24.3 Å². The second-order valence-electron chi connectivity index (χ2n) is 10.5. The Morgan fingerprint density at radius 2 is 1.75 bits per heavy atom. The molecule has 2 saturated heterocycles. The third-order valence-electron chi connectivity index (χ3n) is 8.61. The Kier molecular flexibility index (Phi) is 5.86. The average molecular weight is 605 g/mol. The number of imide groups is 2. The number of non-ortho nitro benzene ring substituents is 1. The van der Waals surface area contributed by atoms with Crippen molar-refractivity contribution in [2.45, 2.75) is 28.5 Å². The number of halogens is 3. The highest BCUT2D eigenvalue weighted by Crippen LogP contribution is 2.66. The van der Waals surface area contributed by atoms with E-state index in [-0.39, 0.29) is 40.6 Å². The number of alkyl halides is 2. The maximum atomic E-state index is 13.9. The van der Waals surface area contributed by atoms with Gasteiger partial charge in [0.25, 0.3) is 17.5 Å². The molecule has 6 unspecified atom stereocenters. The van der Waals surface area contributed by atoms with E-state index >= 15 is 0 Å². The smallest absolute Gasteiger partial charge is 0.271 e. The van der Waals surface area contributed by atoms with Crippen LogP contribution in [0.15, 0.2) is 54.1 Å². The van der Waals surface area contributed by atoms with Crippen molar-refractivity contribution < 1.29 is 29.2 Å². The molecule has 10 nitrogen and oxygen atoms in total. The molecule has 0 aromatic heterocycles. The number of anilines is 1. The molecule has 206 valence electrons. The minimum atomic E-state index is -2.05. The number of nitro groups is 1. The molecule has 2 aromatic rings. The van der Waals surface area contributed by atoms with E-state index in [1.54, 1.807) is 6.08 Å². The number of hydrogen-bond acceptors (Lipinski definition) is 7. The number of fused-ring (bicyclic) bond motifs is 4. The number of benzene rings is 2. The van der Waals surface area contributed by atoms with Crippen LogP contribution in [0.3, 0.4) is 0 Å². The summed E-state index contributed by atoms with van der Waals surface area (Å²) in [6.07, 6.45) is 1.60. The largest absolute Gasteiger partial charge is 0.508 e. The molecular weight excluding hydrogens is 585 g/mol. The van der Waals surface area contributed by atoms with Crippen LogP contribution in [0.5, 0.6) is 5.75 Å². The number of likely N-dealkylation sites (tertiary alicyclic amines) is 1. The second kappa shape index (κ2) is 8.76. The summed E-state index contributed by atoms with van der Waals surface area (Å²) in [7, 11) is 1.27. The number of allylic oxidation sites excluding steroid dienone is 2. The van der Waals surface area contributed by atoms with Gasteiger partial charge in [0.1, 0.15) is 5.75 Å². The van der Waals surface area contributed by atoms with Crippen molar-refractivity contribution in [2.75, 3.05) is 11.9 Å². The monoisotopic (exact) mass is 603 g/mol. The van der Waals surface area contributed by atoms with E-state index in [0.717, 1.165) is 15.9 Å². The zero-order chi connectivity index (χ0) is 28.9. The van der Waals surface area contributed by atoms with Gasteiger partial charge in [0.05, 0.1) is 22.4 Å². The summed E-state index contributed by atoms with van der Waals surface area (Å²) >= 11 is 20.4. The summed E-state index contributed by atoms with van der Waals surface area (Å²) < 4.78 is 0. The van der Waals surface area contributed by atoms with Crippen molar-refractivity contribution in [3.05, 3.63) is 74.8 Å². The number of nitro benzene ring substituents is 1. The fraction of sp³-hybridized carbons (Fsp3) is 0.333. The predicted octanol–water partition coefficient (Wildman–Crippen LogP) is 4.15. The van der Waals surface area contributed by atoms with Gasteiger partial charge >= 0.3 is 0 Å². The first-order valence-corrected chi connectivity index (χ1v) is 13.5. The van der Waals surface area contributed by atoms with Gasteiger partial charge in [-0.05, 0) is 43.0 Å². The molecule has 6 rings (SSSR count). The van der Waals surface area contributed by atoms with Crippen molar-refractivity contribution >= 4 is 69.8 Å². The molecule has 1 saturated carbocycles. The molecule has 4 amide bonds. The van der Waals surface area contributed by atoms with Crippen molar-refractivity contribution in [1.29, 1.82) is 0 Å². The lowest BCUT2D eigenvalue weighted by Crippen LogP contribution is -2.60. The Hall–Kier alpha value is -3.47. The molecule has 2 aromatic carbocycles. The van der Waals surface area contributed by atoms with Crippen LogP contribution in [0, 0.1) is 27.9 Å². The number of nitrogens with zero attached hydrogens (tertiary/aromatic N) is 3. The second-order valence-corrected chi connectivity index (χ2v) is 12.2. The SMILES string of the molecule is CN1C(=O)C2(Cl)CC3C(=CCC4C(=O)N(c5cccc([N+](=O)[O-])c5)C(=O)C43)C(c3cc(Cl)ccc3O)C2(Cl)C1=O. The van der Waals surface area contributed by atoms with E-state index < -0.39 is 62.0 Å². The van der Waals surface area contributed by atoms with Crippen LogP contribution >= 0.6 is 34.8 Å². The van der Waals surface area contributed by atoms with Crippen LogP contribution < -0.4 is 4.90 Å². The molecule has 2 aliphatic heterocycles. The third kappa shape index (κ3) is 3.30. The minimum Gasteiger partial charge on any atom is -0.508 e. The van der Waals surface area contributed by atoms with Crippen molar-refractivity contribution in [3.8, 4) is 5.75 Å². The summed E-state index contributed by atoms with van der Waals surface area (Å²) in [4.78, 5) is 62.9. The summed E-state index contributed by atoms with van der Waals surface area (Å²) in [5.74, 6) is -6.67. The highest BCUT2D eigenvalue weighted by molar-refractivity contribution is 6.53. The molecule has 6 atom stereocenters. The topological polar surface area (TPSA) is 138 Å². The molecule has 2 aliphatic carbocycles. The highest BCUT2D eigenvalue weighted by atomic mass is 35.5. The molecule has 0 spiro atoms. The molecule has 0 radical (unpaired) electrons. The number of phenolic OH excluding ortho intramolecular Hbond substituents is 1. The normalized spacial score (nSPS) is 33.0. The number of carbonyl (C=O) groups excluding carboxylic acids is 4. The standard InChI is InChI=1S/C27H20Cl3N3O7/c1-31-24(37)26(29)11-18-15(21(27(26,30)25(31)38)17-9-12(28)5-8-19(17)34)6-7-16-20(18)23(36)32(22(16)35)13-3-2-4-14(10-13)33(39)40/h2-6,8-10,16,18,20-21,34H,7,11H2,1H3. The number of rotatable bonds is 3. The lowest BCUT2D eigenvalue weighted by molar-refractivity contribution is -0.384. The summed E-state index contributed by atoms with van der Waals surface area (Å²) in [6, 6.07) is 9.44.